The molecule has 0 saturated heterocycles. The maximum absolute atomic E-state index is 11.8. The van der Waals surface area contributed by atoms with Crippen molar-refractivity contribution in [1.82, 2.24) is 5.32 Å². The lowest BCUT2D eigenvalue weighted by molar-refractivity contribution is -0.0885. The van der Waals surface area contributed by atoms with E-state index in [1.165, 1.54) is 6.20 Å². The van der Waals surface area contributed by atoms with Gasteiger partial charge in [0.05, 0.1) is 5.57 Å². The molecule has 0 bridgehead atoms. The van der Waals surface area contributed by atoms with Gasteiger partial charge in [-0.05, 0) is 12.3 Å². The molecule has 0 saturated carbocycles. The summed E-state index contributed by atoms with van der Waals surface area (Å²) in [6.45, 7) is 0.255. The monoisotopic (exact) mass is 149 g/mol. The quantitative estimate of drug-likeness (QED) is 0.551. The third-order valence-corrected chi connectivity index (χ3v) is 1.15. The Labute approximate surface area is 56.2 Å². The van der Waals surface area contributed by atoms with Crippen LogP contribution in [0.1, 0.15) is 0 Å². The van der Waals surface area contributed by atoms with Crippen LogP contribution in [0.15, 0.2) is 23.9 Å². The molecule has 0 radical (unpaired) electrons. The van der Waals surface area contributed by atoms with Gasteiger partial charge in [0.2, 0.25) is 0 Å². The number of nitrogens with one attached hydrogen (secondary N) is 1. The maximum atomic E-state index is 11.8. The summed E-state index contributed by atoms with van der Waals surface area (Å²) in [7, 11) is 0. The van der Waals surface area contributed by atoms with E-state index in [2.05, 4.69) is 5.32 Å². The van der Waals surface area contributed by atoms with E-state index in [0.717, 1.165) is 12.2 Å². The Morgan fingerprint density at radius 1 is 1.40 bits per heavy atom. The zero-order valence-electron chi connectivity index (χ0n) is 5.07. The van der Waals surface area contributed by atoms with Gasteiger partial charge in [0.15, 0.2) is 0 Å². The molecule has 1 aliphatic rings. The fourth-order valence-corrected chi connectivity index (χ4v) is 0.664. The van der Waals surface area contributed by atoms with Crippen molar-refractivity contribution in [2.24, 2.45) is 0 Å². The number of rotatable bonds is 0. The van der Waals surface area contributed by atoms with E-state index in [1.807, 2.05) is 0 Å². The molecule has 0 aromatic carbocycles. The Hall–Kier alpha value is -0.930. The molecule has 1 rings (SSSR count). The number of hydrogen-bond acceptors (Lipinski definition) is 1. The highest BCUT2D eigenvalue weighted by molar-refractivity contribution is 5.26. The number of hydrogen-bond donors (Lipinski definition) is 1. The van der Waals surface area contributed by atoms with E-state index in [4.69, 9.17) is 0 Å². The zero-order chi connectivity index (χ0) is 7.61. The second kappa shape index (κ2) is 2.36. The third-order valence-electron chi connectivity index (χ3n) is 1.15. The molecule has 1 aliphatic heterocycles. The molecular formula is C6H6F3N. The average molecular weight is 149 g/mol. The van der Waals surface area contributed by atoms with Crippen molar-refractivity contribution < 1.29 is 13.2 Å². The molecule has 10 heavy (non-hydrogen) atoms. The van der Waals surface area contributed by atoms with E-state index in [-0.39, 0.29) is 6.54 Å². The van der Waals surface area contributed by atoms with E-state index in [0.29, 0.717) is 0 Å². The number of dihydropyridines is 1. The van der Waals surface area contributed by atoms with Crippen molar-refractivity contribution in [1.29, 1.82) is 0 Å². The standard InChI is InChI=1S/C6H6F3N/c7-6(8,9)5-1-3-10-4-2-5/h1-3,10H,4H2. The zero-order valence-corrected chi connectivity index (χ0v) is 5.07. The largest absolute Gasteiger partial charge is 0.416 e. The Morgan fingerprint density at radius 3 is 2.40 bits per heavy atom. The van der Waals surface area contributed by atoms with Gasteiger partial charge >= 0.3 is 6.18 Å². The van der Waals surface area contributed by atoms with Gasteiger partial charge in [0, 0.05) is 6.54 Å². The Morgan fingerprint density at radius 2 is 2.10 bits per heavy atom. The van der Waals surface area contributed by atoms with Gasteiger partial charge in [-0.15, -0.1) is 0 Å². The van der Waals surface area contributed by atoms with E-state index in [9.17, 15) is 13.2 Å². The van der Waals surface area contributed by atoms with Gasteiger partial charge in [-0.1, -0.05) is 6.08 Å². The van der Waals surface area contributed by atoms with Crippen LogP contribution in [0.25, 0.3) is 0 Å². The summed E-state index contributed by atoms with van der Waals surface area (Å²) < 4.78 is 35.4. The highest BCUT2D eigenvalue weighted by atomic mass is 19.4. The van der Waals surface area contributed by atoms with Gasteiger partial charge in [-0.25, -0.2) is 0 Å². The van der Waals surface area contributed by atoms with Crippen LogP contribution in [0.2, 0.25) is 0 Å². The molecule has 0 aromatic rings. The smallest absolute Gasteiger partial charge is 0.387 e. The minimum absolute atomic E-state index is 0.255. The van der Waals surface area contributed by atoms with Gasteiger partial charge in [0.1, 0.15) is 0 Å². The summed E-state index contributed by atoms with van der Waals surface area (Å²) in [6, 6.07) is 0. The van der Waals surface area contributed by atoms with Crippen molar-refractivity contribution in [2.75, 3.05) is 6.54 Å². The Kier molecular flexibility index (Phi) is 1.70. The molecular weight excluding hydrogens is 143 g/mol. The Balaban J connectivity index is 2.73. The summed E-state index contributed by atoms with van der Waals surface area (Å²) in [6.07, 6.45) is -0.773. The maximum Gasteiger partial charge on any atom is 0.416 e. The highest BCUT2D eigenvalue weighted by Gasteiger charge is 2.31. The molecule has 0 fully saturated rings. The molecule has 1 nitrogen and oxygen atoms in total. The topological polar surface area (TPSA) is 12.0 Å². The van der Waals surface area contributed by atoms with Crippen molar-refractivity contribution >= 4 is 0 Å². The van der Waals surface area contributed by atoms with E-state index >= 15 is 0 Å². The Bertz CT molecular complexity index is 178. The predicted molar refractivity (Wildman–Crippen MR) is 31.3 cm³/mol. The lowest BCUT2D eigenvalue weighted by Gasteiger charge is -2.10. The van der Waals surface area contributed by atoms with Crippen LogP contribution in [0.3, 0.4) is 0 Å². The molecule has 56 valence electrons. The van der Waals surface area contributed by atoms with E-state index < -0.39 is 11.7 Å². The summed E-state index contributed by atoms with van der Waals surface area (Å²) in [5.74, 6) is 0. The molecule has 4 heteroatoms. The number of alkyl halides is 3. The first-order valence-corrected chi connectivity index (χ1v) is 2.78. The molecule has 0 unspecified atom stereocenters. The second-order valence-corrected chi connectivity index (χ2v) is 1.90. The SMILES string of the molecule is FC(F)(F)C1=CCNC=C1. The van der Waals surface area contributed by atoms with Crippen molar-refractivity contribution in [2.45, 2.75) is 6.18 Å². The van der Waals surface area contributed by atoms with Crippen LogP contribution in [0.5, 0.6) is 0 Å². The van der Waals surface area contributed by atoms with Crippen LogP contribution in [-0.2, 0) is 0 Å². The van der Waals surface area contributed by atoms with Gasteiger partial charge in [-0.3, -0.25) is 0 Å². The van der Waals surface area contributed by atoms with Gasteiger partial charge in [-0.2, -0.15) is 13.2 Å². The van der Waals surface area contributed by atoms with Crippen molar-refractivity contribution in [3.63, 3.8) is 0 Å². The van der Waals surface area contributed by atoms with Crippen molar-refractivity contribution in [3.05, 3.63) is 23.9 Å². The first-order valence-electron chi connectivity index (χ1n) is 2.78. The molecule has 0 amide bonds. The van der Waals surface area contributed by atoms with Crippen LogP contribution in [0, 0.1) is 0 Å². The average Bonchev–Trinajstić information content (AvgIpc) is 1.88. The summed E-state index contributed by atoms with van der Waals surface area (Å²) in [5, 5.41) is 2.63. The third kappa shape index (κ3) is 1.52. The van der Waals surface area contributed by atoms with Crippen LogP contribution in [-0.4, -0.2) is 12.7 Å². The molecule has 1 heterocycles. The van der Waals surface area contributed by atoms with Gasteiger partial charge in [0.25, 0.3) is 0 Å². The normalized spacial score (nSPS) is 18.1. The van der Waals surface area contributed by atoms with Crippen molar-refractivity contribution in [3.8, 4) is 0 Å². The molecule has 0 aliphatic carbocycles. The van der Waals surface area contributed by atoms with Gasteiger partial charge < -0.3 is 5.32 Å². The number of halogens is 3. The first kappa shape index (κ1) is 7.18. The minimum Gasteiger partial charge on any atom is -0.387 e. The first-order chi connectivity index (χ1) is 4.61. The minimum atomic E-state index is -4.20. The summed E-state index contributed by atoms with van der Waals surface area (Å²) in [5.41, 5.74) is -0.578. The van der Waals surface area contributed by atoms with E-state index in [1.54, 1.807) is 0 Å². The predicted octanol–water partition coefficient (Wildman–Crippen LogP) is 1.59. The highest BCUT2D eigenvalue weighted by Crippen LogP contribution is 2.26. The number of allylic oxidation sites excluding steroid dienone is 2. The molecule has 0 atom stereocenters. The van der Waals surface area contributed by atoms with Crippen LogP contribution >= 0.6 is 0 Å². The fourth-order valence-electron chi connectivity index (χ4n) is 0.664. The molecule has 0 spiro atoms. The summed E-state index contributed by atoms with van der Waals surface area (Å²) in [4.78, 5) is 0. The van der Waals surface area contributed by atoms with Crippen LogP contribution in [0.4, 0.5) is 13.2 Å². The fraction of sp³-hybridized carbons (Fsp3) is 0.333. The lowest BCUT2D eigenvalue weighted by Crippen LogP contribution is -2.17. The lowest BCUT2D eigenvalue weighted by atomic mass is 10.2. The molecule has 0 aromatic heterocycles. The van der Waals surface area contributed by atoms with Crippen LogP contribution < -0.4 is 5.32 Å². The second-order valence-electron chi connectivity index (χ2n) is 1.90. The molecule has 1 N–H and O–H groups in total. The summed E-state index contributed by atoms with van der Waals surface area (Å²) >= 11 is 0.